The van der Waals surface area contributed by atoms with E-state index < -0.39 is 0 Å². The maximum atomic E-state index is 13.0. The number of nitrogens with zero attached hydrogens (tertiary/aromatic N) is 2. The third kappa shape index (κ3) is 4.73. The molecule has 4 nitrogen and oxygen atoms in total. The summed E-state index contributed by atoms with van der Waals surface area (Å²) in [7, 11) is 0. The van der Waals surface area contributed by atoms with E-state index in [1.54, 1.807) is 6.07 Å². The SMILES string of the molecule is CCNC(c1ccc(F)cn1)C(C)CN1CCCC(O)C1. The summed E-state index contributed by atoms with van der Waals surface area (Å²) >= 11 is 0. The van der Waals surface area contributed by atoms with Crippen molar-refractivity contribution < 1.29 is 9.50 Å². The molecule has 1 aliphatic heterocycles. The fraction of sp³-hybridized carbons (Fsp3) is 0.688. The highest BCUT2D eigenvalue weighted by molar-refractivity contribution is 5.11. The van der Waals surface area contributed by atoms with Crippen LogP contribution < -0.4 is 5.32 Å². The van der Waals surface area contributed by atoms with Gasteiger partial charge in [-0.2, -0.15) is 0 Å². The number of aliphatic hydroxyl groups is 1. The van der Waals surface area contributed by atoms with Gasteiger partial charge in [0.05, 0.1) is 24.0 Å². The minimum Gasteiger partial charge on any atom is -0.392 e. The van der Waals surface area contributed by atoms with Crippen LogP contribution >= 0.6 is 0 Å². The second-order valence-corrected chi connectivity index (χ2v) is 5.97. The molecule has 3 unspecified atom stereocenters. The summed E-state index contributed by atoms with van der Waals surface area (Å²) in [6, 6.07) is 3.32. The molecule has 1 fully saturated rings. The van der Waals surface area contributed by atoms with E-state index in [-0.39, 0.29) is 18.0 Å². The number of aromatic nitrogens is 1. The van der Waals surface area contributed by atoms with Crippen molar-refractivity contribution in [1.82, 2.24) is 15.2 Å². The summed E-state index contributed by atoms with van der Waals surface area (Å²) < 4.78 is 13.0. The standard InChI is InChI=1S/C16H26FN3O/c1-3-18-16(15-7-6-13(17)9-19-15)12(2)10-20-8-4-5-14(21)11-20/h6-7,9,12,14,16,18,21H,3-5,8,10-11H2,1-2H3. The molecule has 0 radical (unpaired) electrons. The van der Waals surface area contributed by atoms with Gasteiger partial charge >= 0.3 is 0 Å². The van der Waals surface area contributed by atoms with E-state index in [1.165, 1.54) is 12.3 Å². The Kier molecular flexibility index (Phi) is 6.08. The van der Waals surface area contributed by atoms with Gasteiger partial charge in [0, 0.05) is 13.1 Å². The summed E-state index contributed by atoms with van der Waals surface area (Å²) in [5.74, 6) is 0.0361. The van der Waals surface area contributed by atoms with Crippen molar-refractivity contribution in [2.24, 2.45) is 5.92 Å². The lowest BCUT2D eigenvalue weighted by molar-refractivity contribution is 0.0597. The zero-order valence-corrected chi connectivity index (χ0v) is 12.9. The first-order chi connectivity index (χ1) is 10.1. The number of pyridine rings is 1. The van der Waals surface area contributed by atoms with Crippen molar-refractivity contribution in [3.05, 3.63) is 29.8 Å². The van der Waals surface area contributed by atoms with Crippen LogP contribution in [0.4, 0.5) is 4.39 Å². The Morgan fingerprint density at radius 3 is 2.95 bits per heavy atom. The van der Waals surface area contributed by atoms with E-state index in [9.17, 15) is 9.50 Å². The molecule has 0 spiro atoms. The first-order valence-corrected chi connectivity index (χ1v) is 7.85. The van der Waals surface area contributed by atoms with Crippen molar-refractivity contribution >= 4 is 0 Å². The smallest absolute Gasteiger partial charge is 0.141 e. The fourth-order valence-corrected chi connectivity index (χ4v) is 3.10. The van der Waals surface area contributed by atoms with Crippen LogP contribution in [0.25, 0.3) is 0 Å². The maximum Gasteiger partial charge on any atom is 0.141 e. The van der Waals surface area contributed by atoms with Gasteiger partial charge in [0.1, 0.15) is 5.82 Å². The minimum absolute atomic E-state index is 0.106. The van der Waals surface area contributed by atoms with Gasteiger partial charge in [-0.1, -0.05) is 13.8 Å². The number of piperidine rings is 1. The topological polar surface area (TPSA) is 48.4 Å². The average molecular weight is 295 g/mol. The number of aliphatic hydroxyl groups excluding tert-OH is 1. The molecule has 21 heavy (non-hydrogen) atoms. The van der Waals surface area contributed by atoms with Crippen LogP contribution in [0.3, 0.4) is 0 Å². The Bertz CT molecular complexity index is 426. The quantitative estimate of drug-likeness (QED) is 0.842. The minimum atomic E-state index is -0.305. The molecule has 2 N–H and O–H groups in total. The molecule has 1 aromatic heterocycles. The van der Waals surface area contributed by atoms with Gasteiger partial charge in [-0.3, -0.25) is 4.98 Å². The number of likely N-dealkylation sites (tertiary alicyclic amines) is 1. The van der Waals surface area contributed by atoms with Crippen molar-refractivity contribution in [3.8, 4) is 0 Å². The Labute approximate surface area is 126 Å². The van der Waals surface area contributed by atoms with Gasteiger partial charge in [0.15, 0.2) is 0 Å². The summed E-state index contributed by atoms with van der Waals surface area (Å²) in [6.45, 7) is 7.79. The van der Waals surface area contributed by atoms with Crippen LogP contribution in [0.2, 0.25) is 0 Å². The molecule has 0 bridgehead atoms. The monoisotopic (exact) mass is 295 g/mol. The van der Waals surface area contributed by atoms with Gasteiger partial charge in [0.25, 0.3) is 0 Å². The molecule has 1 aliphatic rings. The zero-order chi connectivity index (χ0) is 15.2. The van der Waals surface area contributed by atoms with E-state index in [2.05, 4.69) is 29.0 Å². The van der Waals surface area contributed by atoms with Crippen LogP contribution in [0.1, 0.15) is 38.4 Å². The summed E-state index contributed by atoms with van der Waals surface area (Å²) in [4.78, 5) is 6.53. The predicted molar refractivity (Wildman–Crippen MR) is 81.5 cm³/mol. The zero-order valence-electron chi connectivity index (χ0n) is 12.9. The Hall–Kier alpha value is -1.04. The van der Waals surface area contributed by atoms with Crippen molar-refractivity contribution in [1.29, 1.82) is 0 Å². The van der Waals surface area contributed by atoms with Crippen molar-refractivity contribution in [3.63, 3.8) is 0 Å². The summed E-state index contributed by atoms with van der Waals surface area (Å²) in [5, 5.41) is 13.2. The van der Waals surface area contributed by atoms with Crippen LogP contribution in [-0.4, -0.2) is 47.3 Å². The molecule has 0 aromatic carbocycles. The second-order valence-electron chi connectivity index (χ2n) is 5.97. The van der Waals surface area contributed by atoms with Crippen molar-refractivity contribution in [2.75, 3.05) is 26.2 Å². The van der Waals surface area contributed by atoms with E-state index in [4.69, 9.17) is 0 Å². The predicted octanol–water partition coefficient (Wildman–Crippen LogP) is 1.96. The highest BCUT2D eigenvalue weighted by Crippen LogP contribution is 2.23. The molecular formula is C16H26FN3O. The molecule has 1 aromatic rings. The molecule has 5 heteroatoms. The van der Waals surface area contributed by atoms with Gasteiger partial charge in [-0.25, -0.2) is 4.39 Å². The third-order valence-electron chi connectivity index (χ3n) is 4.09. The summed E-state index contributed by atoms with van der Waals surface area (Å²) in [6.07, 6.45) is 3.03. The lowest BCUT2D eigenvalue weighted by Crippen LogP contribution is -2.43. The first-order valence-electron chi connectivity index (χ1n) is 7.85. The molecule has 0 aliphatic carbocycles. The number of nitrogens with one attached hydrogen (secondary N) is 1. The third-order valence-corrected chi connectivity index (χ3v) is 4.09. The van der Waals surface area contributed by atoms with Crippen LogP contribution in [0.5, 0.6) is 0 Å². The lowest BCUT2D eigenvalue weighted by Gasteiger charge is -2.34. The van der Waals surface area contributed by atoms with Crippen LogP contribution in [0, 0.1) is 11.7 Å². The number of hydrogen-bond donors (Lipinski definition) is 2. The molecule has 118 valence electrons. The number of hydrogen-bond acceptors (Lipinski definition) is 4. The van der Waals surface area contributed by atoms with Gasteiger partial charge < -0.3 is 15.3 Å². The van der Waals surface area contributed by atoms with E-state index in [0.717, 1.165) is 44.7 Å². The average Bonchev–Trinajstić information content (AvgIpc) is 2.46. The molecule has 1 saturated heterocycles. The lowest BCUT2D eigenvalue weighted by atomic mass is 9.96. The van der Waals surface area contributed by atoms with E-state index in [0.29, 0.717) is 5.92 Å². The molecule has 2 heterocycles. The second kappa shape index (κ2) is 7.82. The normalized spacial score (nSPS) is 23.0. The van der Waals surface area contributed by atoms with Crippen LogP contribution in [-0.2, 0) is 0 Å². The van der Waals surface area contributed by atoms with Gasteiger partial charge in [-0.15, -0.1) is 0 Å². The first kappa shape index (κ1) is 16.3. The van der Waals surface area contributed by atoms with E-state index in [1.807, 2.05) is 0 Å². The maximum absolute atomic E-state index is 13.0. The summed E-state index contributed by atoms with van der Waals surface area (Å²) in [5.41, 5.74) is 0.878. The highest BCUT2D eigenvalue weighted by Gasteiger charge is 2.25. The Morgan fingerprint density at radius 2 is 2.33 bits per heavy atom. The van der Waals surface area contributed by atoms with Crippen LogP contribution in [0.15, 0.2) is 18.3 Å². The largest absolute Gasteiger partial charge is 0.392 e. The molecule has 3 atom stereocenters. The van der Waals surface area contributed by atoms with Crippen molar-refractivity contribution in [2.45, 2.75) is 38.8 Å². The Balaban J connectivity index is 2.01. The van der Waals surface area contributed by atoms with E-state index >= 15 is 0 Å². The number of β-amino-alcohol motifs (C(OH)–C–C–N with tert-alkyl or cyclic N) is 1. The molecule has 0 amide bonds. The number of halogens is 1. The molecular weight excluding hydrogens is 269 g/mol. The van der Waals surface area contributed by atoms with Gasteiger partial charge in [0.2, 0.25) is 0 Å². The fourth-order valence-electron chi connectivity index (χ4n) is 3.10. The Morgan fingerprint density at radius 1 is 1.52 bits per heavy atom. The number of rotatable bonds is 6. The van der Waals surface area contributed by atoms with Gasteiger partial charge in [-0.05, 0) is 44.0 Å². The molecule has 2 rings (SSSR count). The highest BCUT2D eigenvalue weighted by atomic mass is 19.1. The molecule has 0 saturated carbocycles.